The summed E-state index contributed by atoms with van der Waals surface area (Å²) in [5.41, 5.74) is 2.95. The lowest BCUT2D eigenvalue weighted by Gasteiger charge is -2.18. The lowest BCUT2D eigenvalue weighted by atomic mass is 10.1. The molecule has 5 nitrogen and oxygen atoms in total. The molecule has 1 unspecified atom stereocenters. The van der Waals surface area contributed by atoms with Crippen molar-refractivity contribution in [2.45, 2.75) is 19.9 Å². The lowest BCUT2D eigenvalue weighted by molar-refractivity contribution is -0.384. The van der Waals surface area contributed by atoms with Gasteiger partial charge in [0.15, 0.2) is 0 Å². The van der Waals surface area contributed by atoms with E-state index < -0.39 is 4.92 Å². The third-order valence-corrected chi connectivity index (χ3v) is 3.34. The third kappa shape index (κ3) is 3.51. The van der Waals surface area contributed by atoms with Gasteiger partial charge in [-0.05, 0) is 25.5 Å². The second kappa shape index (κ2) is 6.26. The molecule has 0 aliphatic carbocycles. The number of nitrogens with zero attached hydrogens (tertiary/aromatic N) is 1. The zero-order valence-electron chi connectivity index (χ0n) is 12.3. The number of hydrogen-bond acceptors (Lipinski definition) is 4. The van der Waals surface area contributed by atoms with Crippen LogP contribution in [0.3, 0.4) is 0 Å². The number of aryl methyl sites for hydroxylation is 1. The minimum atomic E-state index is -0.416. The van der Waals surface area contributed by atoms with Gasteiger partial charge in [0.1, 0.15) is 5.75 Å². The first-order valence-corrected chi connectivity index (χ1v) is 6.67. The van der Waals surface area contributed by atoms with E-state index in [4.69, 9.17) is 4.74 Å². The number of nitro groups is 1. The van der Waals surface area contributed by atoms with E-state index >= 15 is 0 Å². The van der Waals surface area contributed by atoms with E-state index in [9.17, 15) is 10.1 Å². The molecule has 110 valence electrons. The molecule has 0 aliphatic rings. The van der Waals surface area contributed by atoms with Gasteiger partial charge in [-0.1, -0.05) is 29.8 Å². The Kier molecular flexibility index (Phi) is 4.42. The SMILES string of the molecule is COc1ccc([N+](=O)[O-])cc1NC(C)c1ccc(C)cc1. The van der Waals surface area contributed by atoms with E-state index in [0.29, 0.717) is 11.4 Å². The van der Waals surface area contributed by atoms with Crippen LogP contribution < -0.4 is 10.1 Å². The summed E-state index contributed by atoms with van der Waals surface area (Å²) in [6.45, 7) is 4.04. The van der Waals surface area contributed by atoms with Gasteiger partial charge in [0.05, 0.1) is 17.7 Å². The first-order chi connectivity index (χ1) is 10.0. The van der Waals surface area contributed by atoms with Gasteiger partial charge in [0.2, 0.25) is 0 Å². The molecule has 1 atom stereocenters. The lowest BCUT2D eigenvalue weighted by Crippen LogP contribution is -2.08. The van der Waals surface area contributed by atoms with E-state index in [1.807, 2.05) is 38.1 Å². The Bertz CT molecular complexity index is 638. The second-order valence-corrected chi connectivity index (χ2v) is 4.92. The minimum absolute atomic E-state index is 0.0153. The third-order valence-electron chi connectivity index (χ3n) is 3.34. The fourth-order valence-corrected chi connectivity index (χ4v) is 2.09. The van der Waals surface area contributed by atoms with E-state index in [2.05, 4.69) is 5.32 Å². The van der Waals surface area contributed by atoms with Gasteiger partial charge in [0.25, 0.3) is 5.69 Å². The normalized spacial score (nSPS) is 11.8. The average molecular weight is 286 g/mol. The van der Waals surface area contributed by atoms with Crippen LogP contribution >= 0.6 is 0 Å². The highest BCUT2D eigenvalue weighted by Crippen LogP contribution is 2.31. The number of ether oxygens (including phenoxy) is 1. The quantitative estimate of drug-likeness (QED) is 0.664. The van der Waals surface area contributed by atoms with Crippen LogP contribution in [0.4, 0.5) is 11.4 Å². The van der Waals surface area contributed by atoms with Crippen molar-refractivity contribution in [1.29, 1.82) is 0 Å². The molecule has 2 aromatic carbocycles. The van der Waals surface area contributed by atoms with Gasteiger partial charge in [-0.15, -0.1) is 0 Å². The maximum absolute atomic E-state index is 10.9. The van der Waals surface area contributed by atoms with Crippen molar-refractivity contribution < 1.29 is 9.66 Å². The standard InChI is InChI=1S/C16H18N2O3/c1-11-4-6-13(7-5-11)12(2)17-15-10-14(18(19)20)8-9-16(15)21-3/h4-10,12,17H,1-3H3. The first-order valence-electron chi connectivity index (χ1n) is 6.67. The van der Waals surface area contributed by atoms with Crippen LogP contribution in [-0.4, -0.2) is 12.0 Å². The molecule has 0 radical (unpaired) electrons. The molecule has 0 saturated heterocycles. The van der Waals surface area contributed by atoms with Crippen LogP contribution in [0.2, 0.25) is 0 Å². The Morgan fingerprint density at radius 1 is 1.19 bits per heavy atom. The van der Waals surface area contributed by atoms with Crippen LogP contribution in [-0.2, 0) is 0 Å². The maximum Gasteiger partial charge on any atom is 0.271 e. The molecule has 0 fully saturated rings. The highest BCUT2D eigenvalue weighted by Gasteiger charge is 2.14. The highest BCUT2D eigenvalue weighted by molar-refractivity contribution is 5.62. The molecular weight excluding hydrogens is 268 g/mol. The van der Waals surface area contributed by atoms with Crippen LogP contribution in [0.25, 0.3) is 0 Å². The highest BCUT2D eigenvalue weighted by atomic mass is 16.6. The zero-order valence-corrected chi connectivity index (χ0v) is 12.3. The molecule has 2 aromatic rings. The van der Waals surface area contributed by atoms with Crippen molar-refractivity contribution in [3.8, 4) is 5.75 Å². The van der Waals surface area contributed by atoms with Crippen molar-refractivity contribution in [3.05, 3.63) is 63.7 Å². The predicted octanol–water partition coefficient (Wildman–Crippen LogP) is 4.08. The Labute approximate surface area is 123 Å². The number of benzene rings is 2. The van der Waals surface area contributed by atoms with Gasteiger partial charge in [-0.3, -0.25) is 10.1 Å². The molecule has 0 spiro atoms. The number of nitrogens with one attached hydrogen (secondary N) is 1. The van der Waals surface area contributed by atoms with Gasteiger partial charge in [-0.25, -0.2) is 0 Å². The Balaban J connectivity index is 2.26. The molecule has 0 bridgehead atoms. The molecule has 0 saturated carbocycles. The molecule has 21 heavy (non-hydrogen) atoms. The van der Waals surface area contributed by atoms with Crippen molar-refractivity contribution in [2.24, 2.45) is 0 Å². The number of rotatable bonds is 5. The summed E-state index contributed by atoms with van der Waals surface area (Å²) in [4.78, 5) is 10.5. The first kappa shape index (κ1) is 14.8. The van der Waals surface area contributed by atoms with Gasteiger partial charge < -0.3 is 10.1 Å². The molecule has 1 N–H and O–H groups in total. The summed E-state index contributed by atoms with van der Waals surface area (Å²) < 4.78 is 5.25. The summed E-state index contributed by atoms with van der Waals surface area (Å²) >= 11 is 0. The topological polar surface area (TPSA) is 64.4 Å². The van der Waals surface area contributed by atoms with Crippen molar-refractivity contribution >= 4 is 11.4 Å². The number of nitro benzene ring substituents is 1. The molecule has 0 amide bonds. The number of hydrogen-bond donors (Lipinski definition) is 1. The summed E-state index contributed by atoms with van der Waals surface area (Å²) in [5.74, 6) is 0.583. The number of anilines is 1. The summed E-state index contributed by atoms with van der Waals surface area (Å²) in [7, 11) is 1.54. The number of methoxy groups -OCH3 is 1. The minimum Gasteiger partial charge on any atom is -0.495 e. The average Bonchev–Trinajstić information content (AvgIpc) is 2.47. The fraction of sp³-hybridized carbons (Fsp3) is 0.250. The van der Waals surface area contributed by atoms with Gasteiger partial charge in [0, 0.05) is 18.2 Å². The zero-order chi connectivity index (χ0) is 15.4. The smallest absolute Gasteiger partial charge is 0.271 e. The monoisotopic (exact) mass is 286 g/mol. The summed E-state index contributed by atoms with van der Waals surface area (Å²) in [6.07, 6.45) is 0. The molecule has 0 aliphatic heterocycles. The van der Waals surface area contributed by atoms with Crippen molar-refractivity contribution in [3.63, 3.8) is 0 Å². The van der Waals surface area contributed by atoms with E-state index in [-0.39, 0.29) is 11.7 Å². The van der Waals surface area contributed by atoms with Gasteiger partial charge in [-0.2, -0.15) is 0 Å². The Hall–Kier alpha value is -2.56. The largest absolute Gasteiger partial charge is 0.495 e. The fourth-order valence-electron chi connectivity index (χ4n) is 2.09. The van der Waals surface area contributed by atoms with Crippen LogP contribution in [0.5, 0.6) is 5.75 Å². The van der Waals surface area contributed by atoms with Crippen molar-refractivity contribution in [2.75, 3.05) is 12.4 Å². The molecule has 0 aromatic heterocycles. The predicted molar refractivity (Wildman–Crippen MR) is 82.9 cm³/mol. The molecule has 5 heteroatoms. The number of non-ortho nitro benzene ring substituents is 1. The summed E-state index contributed by atoms with van der Waals surface area (Å²) in [6, 6.07) is 12.7. The second-order valence-electron chi connectivity index (χ2n) is 4.92. The van der Waals surface area contributed by atoms with E-state index in [1.54, 1.807) is 13.2 Å². The molecule has 2 rings (SSSR count). The molecule has 0 heterocycles. The Morgan fingerprint density at radius 3 is 2.43 bits per heavy atom. The van der Waals surface area contributed by atoms with Crippen molar-refractivity contribution in [1.82, 2.24) is 0 Å². The molecular formula is C16H18N2O3. The van der Waals surface area contributed by atoms with Gasteiger partial charge >= 0.3 is 0 Å². The van der Waals surface area contributed by atoms with Crippen LogP contribution in [0.15, 0.2) is 42.5 Å². The summed E-state index contributed by atoms with van der Waals surface area (Å²) in [5, 5.41) is 14.1. The Morgan fingerprint density at radius 2 is 1.86 bits per heavy atom. The maximum atomic E-state index is 10.9. The van der Waals surface area contributed by atoms with Crippen LogP contribution in [0, 0.1) is 17.0 Å². The van der Waals surface area contributed by atoms with E-state index in [0.717, 1.165) is 5.56 Å². The van der Waals surface area contributed by atoms with E-state index in [1.165, 1.54) is 17.7 Å². The van der Waals surface area contributed by atoms with Crippen LogP contribution in [0.1, 0.15) is 24.1 Å².